The fraction of sp³-hybridized carbons (Fsp3) is 1.00. The molecule has 0 aliphatic carbocycles. The standard InChI is InChI=1S/C8H19NS/c1-6-7-9(5)10-8(2,3)4/h6-7H2,1-5H3. The lowest BCUT2D eigenvalue weighted by Gasteiger charge is -2.24. The summed E-state index contributed by atoms with van der Waals surface area (Å²) in [6, 6.07) is 0. The molecule has 0 aromatic heterocycles. The second kappa shape index (κ2) is 4.24. The van der Waals surface area contributed by atoms with Gasteiger partial charge in [-0.2, -0.15) is 0 Å². The molecule has 0 saturated heterocycles. The van der Waals surface area contributed by atoms with Gasteiger partial charge in [-0.1, -0.05) is 18.9 Å². The minimum Gasteiger partial charge on any atom is -0.253 e. The predicted octanol–water partition coefficient (Wildman–Crippen LogP) is 2.77. The molecule has 2 heteroatoms. The van der Waals surface area contributed by atoms with Crippen LogP contribution in [0.5, 0.6) is 0 Å². The third kappa shape index (κ3) is 6.43. The number of hydrogen-bond acceptors (Lipinski definition) is 2. The fourth-order valence-electron chi connectivity index (χ4n) is 0.828. The first-order chi connectivity index (χ1) is 4.45. The molecule has 0 aromatic carbocycles. The van der Waals surface area contributed by atoms with Gasteiger partial charge in [0.05, 0.1) is 0 Å². The Hall–Kier alpha value is 0.310. The molecule has 0 heterocycles. The van der Waals surface area contributed by atoms with E-state index >= 15 is 0 Å². The summed E-state index contributed by atoms with van der Waals surface area (Å²) in [6.45, 7) is 10.1. The molecule has 10 heavy (non-hydrogen) atoms. The van der Waals surface area contributed by atoms with Crippen molar-refractivity contribution in [3.63, 3.8) is 0 Å². The first kappa shape index (κ1) is 10.3. The normalized spacial score (nSPS) is 12.6. The molecule has 0 rings (SSSR count). The molecule has 0 spiro atoms. The van der Waals surface area contributed by atoms with Gasteiger partial charge in [-0.15, -0.1) is 0 Å². The van der Waals surface area contributed by atoms with Crippen LogP contribution in [0.1, 0.15) is 34.1 Å². The van der Waals surface area contributed by atoms with Crippen LogP contribution >= 0.6 is 11.9 Å². The van der Waals surface area contributed by atoms with E-state index in [0.717, 1.165) is 0 Å². The summed E-state index contributed by atoms with van der Waals surface area (Å²) in [7, 11) is 2.15. The average molecular weight is 161 g/mol. The van der Waals surface area contributed by atoms with Gasteiger partial charge in [0.2, 0.25) is 0 Å². The fourth-order valence-corrected chi connectivity index (χ4v) is 2.04. The van der Waals surface area contributed by atoms with Crippen molar-refractivity contribution in [1.82, 2.24) is 4.31 Å². The van der Waals surface area contributed by atoms with Gasteiger partial charge in [0.25, 0.3) is 0 Å². The Kier molecular flexibility index (Phi) is 4.37. The Balaban J connectivity index is 3.47. The molecule has 0 aliphatic heterocycles. The monoisotopic (exact) mass is 161 g/mol. The predicted molar refractivity (Wildman–Crippen MR) is 50.3 cm³/mol. The van der Waals surface area contributed by atoms with Crippen LogP contribution < -0.4 is 0 Å². The van der Waals surface area contributed by atoms with Crippen LogP contribution in [-0.4, -0.2) is 22.6 Å². The zero-order valence-corrected chi connectivity index (χ0v) is 8.59. The summed E-state index contributed by atoms with van der Waals surface area (Å²) in [4.78, 5) is 0. The summed E-state index contributed by atoms with van der Waals surface area (Å²) in [5, 5.41) is 0. The molecule has 0 aliphatic rings. The van der Waals surface area contributed by atoms with Gasteiger partial charge in [-0.05, 0) is 34.2 Å². The smallest absolute Gasteiger partial charge is 0.0222 e. The molecule has 0 bridgehead atoms. The second-order valence-corrected chi connectivity index (χ2v) is 5.59. The van der Waals surface area contributed by atoms with E-state index in [4.69, 9.17) is 0 Å². The summed E-state index contributed by atoms with van der Waals surface area (Å²) in [5.41, 5.74) is 0. The van der Waals surface area contributed by atoms with Crippen molar-refractivity contribution < 1.29 is 0 Å². The second-order valence-electron chi connectivity index (χ2n) is 3.56. The van der Waals surface area contributed by atoms with Crippen molar-refractivity contribution in [2.75, 3.05) is 13.6 Å². The van der Waals surface area contributed by atoms with E-state index in [1.165, 1.54) is 13.0 Å². The summed E-state index contributed by atoms with van der Waals surface area (Å²) < 4.78 is 2.67. The van der Waals surface area contributed by atoms with Crippen LogP contribution in [0.25, 0.3) is 0 Å². The molecule has 0 amide bonds. The van der Waals surface area contributed by atoms with Crippen LogP contribution in [0.4, 0.5) is 0 Å². The summed E-state index contributed by atoms with van der Waals surface area (Å²) in [6.07, 6.45) is 1.24. The Morgan fingerprint density at radius 1 is 1.30 bits per heavy atom. The number of hydrogen-bond donors (Lipinski definition) is 0. The molecular formula is C8H19NS. The van der Waals surface area contributed by atoms with E-state index in [1.807, 2.05) is 11.9 Å². The third-order valence-electron chi connectivity index (χ3n) is 0.968. The number of nitrogens with zero attached hydrogens (tertiary/aromatic N) is 1. The quantitative estimate of drug-likeness (QED) is 0.586. The van der Waals surface area contributed by atoms with E-state index < -0.39 is 0 Å². The molecule has 0 N–H and O–H groups in total. The minimum absolute atomic E-state index is 0.365. The van der Waals surface area contributed by atoms with Crippen LogP contribution in [0.3, 0.4) is 0 Å². The maximum Gasteiger partial charge on any atom is 0.0222 e. The highest BCUT2D eigenvalue weighted by atomic mass is 32.2. The van der Waals surface area contributed by atoms with Crippen LogP contribution in [0, 0.1) is 0 Å². The average Bonchev–Trinajstić information content (AvgIpc) is 1.59. The van der Waals surface area contributed by atoms with Crippen LogP contribution in [0.15, 0.2) is 0 Å². The first-order valence-corrected chi connectivity index (χ1v) is 4.63. The minimum atomic E-state index is 0.365. The van der Waals surface area contributed by atoms with Gasteiger partial charge in [-0.25, -0.2) is 0 Å². The highest BCUT2D eigenvalue weighted by molar-refractivity contribution is 7.98. The van der Waals surface area contributed by atoms with E-state index in [1.54, 1.807) is 0 Å². The molecule has 1 nitrogen and oxygen atoms in total. The lowest BCUT2D eigenvalue weighted by atomic mass is 10.3. The Bertz CT molecular complexity index is 85.7. The Labute approximate surface area is 69.3 Å². The van der Waals surface area contributed by atoms with Gasteiger partial charge >= 0.3 is 0 Å². The van der Waals surface area contributed by atoms with Crippen molar-refractivity contribution in [2.45, 2.75) is 38.9 Å². The molecule has 0 fully saturated rings. The molecular weight excluding hydrogens is 142 g/mol. The van der Waals surface area contributed by atoms with E-state index in [0.29, 0.717) is 4.75 Å². The molecule has 62 valence electrons. The summed E-state index contributed by atoms with van der Waals surface area (Å²) in [5.74, 6) is 0. The van der Waals surface area contributed by atoms with E-state index in [9.17, 15) is 0 Å². The highest BCUT2D eigenvalue weighted by Crippen LogP contribution is 2.25. The van der Waals surface area contributed by atoms with Crippen molar-refractivity contribution in [2.24, 2.45) is 0 Å². The maximum atomic E-state index is 2.31. The van der Waals surface area contributed by atoms with Gasteiger partial charge < -0.3 is 0 Å². The van der Waals surface area contributed by atoms with E-state index in [2.05, 4.69) is 39.0 Å². The maximum absolute atomic E-state index is 2.31. The number of rotatable bonds is 3. The van der Waals surface area contributed by atoms with Gasteiger partial charge in [-0.3, -0.25) is 4.31 Å². The molecule has 0 aromatic rings. The lowest BCUT2D eigenvalue weighted by Crippen LogP contribution is -2.20. The zero-order valence-electron chi connectivity index (χ0n) is 7.77. The summed E-state index contributed by atoms with van der Waals surface area (Å²) >= 11 is 1.91. The van der Waals surface area contributed by atoms with Crippen molar-refractivity contribution in [3.05, 3.63) is 0 Å². The van der Waals surface area contributed by atoms with Gasteiger partial charge in [0.1, 0.15) is 0 Å². The SMILES string of the molecule is CCCN(C)SC(C)(C)C. The van der Waals surface area contributed by atoms with Gasteiger partial charge in [0.15, 0.2) is 0 Å². The molecule has 0 radical (unpaired) electrons. The third-order valence-corrected chi connectivity index (χ3v) is 2.01. The molecule has 0 saturated carbocycles. The largest absolute Gasteiger partial charge is 0.253 e. The van der Waals surface area contributed by atoms with Crippen molar-refractivity contribution >= 4 is 11.9 Å². The van der Waals surface area contributed by atoms with Crippen molar-refractivity contribution in [1.29, 1.82) is 0 Å². The van der Waals surface area contributed by atoms with Crippen molar-refractivity contribution in [3.8, 4) is 0 Å². The highest BCUT2D eigenvalue weighted by Gasteiger charge is 2.13. The zero-order chi connectivity index (χ0) is 8.20. The Morgan fingerprint density at radius 3 is 2.10 bits per heavy atom. The molecule has 0 atom stereocenters. The molecule has 0 unspecified atom stereocenters. The lowest BCUT2D eigenvalue weighted by molar-refractivity contribution is 0.546. The van der Waals surface area contributed by atoms with Crippen LogP contribution in [-0.2, 0) is 0 Å². The topological polar surface area (TPSA) is 3.24 Å². The van der Waals surface area contributed by atoms with Crippen LogP contribution in [0.2, 0.25) is 0 Å². The first-order valence-electron chi connectivity index (χ1n) is 3.86. The van der Waals surface area contributed by atoms with Gasteiger partial charge in [0, 0.05) is 11.3 Å². The Morgan fingerprint density at radius 2 is 1.80 bits per heavy atom. The van der Waals surface area contributed by atoms with E-state index in [-0.39, 0.29) is 0 Å².